The molecule has 4 rings (SSSR count). The van der Waals surface area contributed by atoms with Crippen LogP contribution in [-0.2, 0) is 0 Å². The van der Waals surface area contributed by atoms with E-state index in [4.69, 9.17) is 5.26 Å². The molecule has 3 heterocycles. The van der Waals surface area contributed by atoms with Crippen LogP contribution in [0.1, 0.15) is 51.9 Å². The Bertz CT molecular complexity index is 451. The lowest BCUT2D eigenvalue weighted by Crippen LogP contribution is -2.71. The Morgan fingerprint density at radius 3 is 2.22 bits per heavy atom. The van der Waals surface area contributed by atoms with E-state index in [-0.39, 0.29) is 17.5 Å². The highest BCUT2D eigenvalue weighted by Crippen LogP contribution is 2.44. The van der Waals surface area contributed by atoms with Gasteiger partial charge in [-0.05, 0) is 43.9 Å². The number of nitrogens with zero attached hydrogens (tertiary/aromatic N) is 3. The molecule has 3 aliphatic heterocycles. The molecule has 3 saturated heterocycles. The quantitative estimate of drug-likeness (QED) is 0.790. The third-order valence-corrected chi connectivity index (χ3v) is 6.47. The van der Waals surface area contributed by atoms with Crippen LogP contribution in [0.3, 0.4) is 0 Å². The summed E-state index contributed by atoms with van der Waals surface area (Å²) in [5.74, 6) is 0. The summed E-state index contributed by atoms with van der Waals surface area (Å²) in [6.45, 7) is 2.99. The maximum absolute atomic E-state index is 12.6. The lowest BCUT2D eigenvalue weighted by Gasteiger charge is -2.58. The molecular formula is C17H26F3N3. The molecule has 2 bridgehead atoms. The first-order chi connectivity index (χ1) is 10.9. The van der Waals surface area contributed by atoms with Crippen LogP contribution < -0.4 is 0 Å². The van der Waals surface area contributed by atoms with Gasteiger partial charge in [-0.2, -0.15) is 18.4 Å². The molecule has 0 aromatic heterocycles. The Morgan fingerprint density at radius 1 is 1.13 bits per heavy atom. The predicted molar refractivity (Wildman–Crippen MR) is 81.7 cm³/mol. The Labute approximate surface area is 136 Å². The molecule has 3 nitrogen and oxygen atoms in total. The minimum Gasteiger partial charge on any atom is -0.297 e. The standard InChI is InChI=1S/C17H26F3N3/c1-2-16(7-8-21)5-3-13(4-6-16)22-10-14-9-15(11-22)23(14)12-17(18,19)20/h13-15H,2-7,9-12H2,1H3/t13-,14?,15?,16+. The molecule has 2 unspecified atom stereocenters. The van der Waals surface area contributed by atoms with E-state index in [1.54, 1.807) is 4.90 Å². The van der Waals surface area contributed by atoms with Crippen LogP contribution in [0.25, 0.3) is 0 Å². The highest BCUT2D eigenvalue weighted by atomic mass is 19.4. The Morgan fingerprint density at radius 2 is 1.74 bits per heavy atom. The van der Waals surface area contributed by atoms with Gasteiger partial charge in [0.1, 0.15) is 0 Å². The van der Waals surface area contributed by atoms with Crippen molar-refractivity contribution in [3.63, 3.8) is 0 Å². The van der Waals surface area contributed by atoms with Crippen molar-refractivity contribution in [1.82, 2.24) is 9.80 Å². The molecule has 1 saturated carbocycles. The second-order valence-corrected chi connectivity index (χ2v) is 7.70. The molecule has 4 aliphatic rings. The number of hydrogen-bond acceptors (Lipinski definition) is 3. The maximum Gasteiger partial charge on any atom is 0.401 e. The summed E-state index contributed by atoms with van der Waals surface area (Å²) >= 11 is 0. The van der Waals surface area contributed by atoms with Crippen molar-refractivity contribution in [3.8, 4) is 6.07 Å². The zero-order valence-corrected chi connectivity index (χ0v) is 13.8. The molecule has 2 atom stereocenters. The van der Waals surface area contributed by atoms with E-state index >= 15 is 0 Å². The summed E-state index contributed by atoms with van der Waals surface area (Å²) in [4.78, 5) is 4.07. The molecule has 0 N–H and O–H groups in total. The van der Waals surface area contributed by atoms with Crippen LogP contribution in [-0.4, -0.2) is 53.7 Å². The second kappa shape index (κ2) is 6.25. The van der Waals surface area contributed by atoms with Crippen molar-refractivity contribution in [2.45, 2.75) is 76.2 Å². The molecule has 23 heavy (non-hydrogen) atoms. The fraction of sp³-hybridized carbons (Fsp3) is 0.941. The van der Waals surface area contributed by atoms with Gasteiger partial charge in [-0.3, -0.25) is 9.80 Å². The van der Waals surface area contributed by atoms with Gasteiger partial charge in [0.15, 0.2) is 0 Å². The topological polar surface area (TPSA) is 30.3 Å². The van der Waals surface area contributed by atoms with Crippen molar-refractivity contribution in [2.24, 2.45) is 5.41 Å². The number of hydrogen-bond donors (Lipinski definition) is 0. The van der Waals surface area contributed by atoms with Crippen molar-refractivity contribution in [2.75, 3.05) is 19.6 Å². The fourth-order valence-corrected chi connectivity index (χ4v) is 4.89. The minimum atomic E-state index is -4.08. The summed E-state index contributed by atoms with van der Waals surface area (Å²) in [6.07, 6.45) is 2.88. The number of piperazine rings is 1. The lowest BCUT2D eigenvalue weighted by molar-refractivity contribution is -0.191. The number of piperidine rings is 1. The van der Waals surface area contributed by atoms with Crippen LogP contribution in [0.2, 0.25) is 0 Å². The van der Waals surface area contributed by atoms with Gasteiger partial charge in [-0.1, -0.05) is 6.92 Å². The minimum absolute atomic E-state index is 0.0901. The smallest absolute Gasteiger partial charge is 0.297 e. The lowest BCUT2D eigenvalue weighted by atomic mass is 9.68. The predicted octanol–water partition coefficient (Wildman–Crippen LogP) is 3.56. The monoisotopic (exact) mass is 329 g/mol. The number of fused-ring (bicyclic) bond motifs is 2. The summed E-state index contributed by atoms with van der Waals surface area (Å²) in [5, 5.41) is 9.03. The third-order valence-electron chi connectivity index (χ3n) is 6.47. The van der Waals surface area contributed by atoms with E-state index in [9.17, 15) is 13.2 Å². The van der Waals surface area contributed by atoms with Crippen molar-refractivity contribution < 1.29 is 13.2 Å². The van der Waals surface area contributed by atoms with Crippen LogP contribution in [0.4, 0.5) is 13.2 Å². The number of alkyl halides is 3. The Balaban J connectivity index is 1.52. The van der Waals surface area contributed by atoms with E-state index < -0.39 is 12.7 Å². The summed E-state index contributed by atoms with van der Waals surface area (Å²) < 4.78 is 37.8. The average molecular weight is 329 g/mol. The van der Waals surface area contributed by atoms with E-state index in [2.05, 4.69) is 17.9 Å². The Hall–Kier alpha value is -0.800. The maximum atomic E-state index is 12.6. The number of rotatable bonds is 4. The van der Waals surface area contributed by atoms with E-state index in [0.29, 0.717) is 12.5 Å². The molecule has 0 aromatic rings. The van der Waals surface area contributed by atoms with Crippen LogP contribution >= 0.6 is 0 Å². The first-order valence-electron chi connectivity index (χ1n) is 8.79. The van der Waals surface area contributed by atoms with Crippen molar-refractivity contribution in [3.05, 3.63) is 0 Å². The summed E-state index contributed by atoms with van der Waals surface area (Å²) in [5.41, 5.74) is 0.187. The molecule has 6 heteroatoms. The normalized spacial score (nSPS) is 38.8. The SMILES string of the molecule is CC[C@]1(CC#N)CC[C@@H](N2CC3CC(C2)N3CC(F)(F)F)CC1. The van der Waals surface area contributed by atoms with E-state index in [1.165, 1.54) is 0 Å². The zero-order chi connectivity index (χ0) is 16.7. The number of nitriles is 1. The first-order valence-corrected chi connectivity index (χ1v) is 8.79. The molecule has 0 radical (unpaired) electrons. The second-order valence-electron chi connectivity index (χ2n) is 7.70. The molecule has 1 aliphatic carbocycles. The average Bonchev–Trinajstić information content (AvgIpc) is 2.53. The summed E-state index contributed by atoms with van der Waals surface area (Å²) in [6, 6.07) is 3.02. The van der Waals surface area contributed by atoms with Gasteiger partial charge in [-0.25, -0.2) is 0 Å². The van der Waals surface area contributed by atoms with E-state index in [0.717, 1.165) is 51.6 Å². The first kappa shape index (κ1) is 17.0. The molecule has 0 aromatic carbocycles. The highest BCUT2D eigenvalue weighted by Gasteiger charge is 2.50. The fourth-order valence-electron chi connectivity index (χ4n) is 4.89. The van der Waals surface area contributed by atoms with Crippen LogP contribution in [0.15, 0.2) is 0 Å². The third kappa shape index (κ3) is 3.51. The van der Waals surface area contributed by atoms with Crippen molar-refractivity contribution in [1.29, 1.82) is 5.26 Å². The van der Waals surface area contributed by atoms with Crippen LogP contribution in [0, 0.1) is 16.7 Å². The molecule has 130 valence electrons. The molecule has 0 spiro atoms. The van der Waals surface area contributed by atoms with Gasteiger partial charge >= 0.3 is 6.18 Å². The zero-order valence-electron chi connectivity index (χ0n) is 13.8. The van der Waals surface area contributed by atoms with Gasteiger partial charge in [0, 0.05) is 37.6 Å². The van der Waals surface area contributed by atoms with Gasteiger partial charge in [0.25, 0.3) is 0 Å². The molecule has 0 amide bonds. The molecule has 4 fully saturated rings. The number of halogens is 3. The van der Waals surface area contributed by atoms with Gasteiger partial charge in [-0.15, -0.1) is 0 Å². The highest BCUT2D eigenvalue weighted by molar-refractivity contribution is 5.04. The van der Waals surface area contributed by atoms with Gasteiger partial charge in [0.05, 0.1) is 12.6 Å². The largest absolute Gasteiger partial charge is 0.401 e. The van der Waals surface area contributed by atoms with Gasteiger partial charge in [0.2, 0.25) is 0 Å². The Kier molecular flexibility index (Phi) is 4.63. The van der Waals surface area contributed by atoms with Crippen LogP contribution in [0.5, 0.6) is 0 Å². The van der Waals surface area contributed by atoms with Crippen molar-refractivity contribution >= 4 is 0 Å². The molecular weight excluding hydrogens is 303 g/mol. The summed E-state index contributed by atoms with van der Waals surface area (Å²) in [7, 11) is 0. The van der Waals surface area contributed by atoms with E-state index in [1.807, 2.05) is 0 Å². The van der Waals surface area contributed by atoms with Gasteiger partial charge < -0.3 is 0 Å².